The molecule has 0 saturated heterocycles. The summed E-state index contributed by atoms with van der Waals surface area (Å²) in [6, 6.07) is 1.85. The zero-order chi connectivity index (χ0) is 14.7. The van der Waals surface area contributed by atoms with Gasteiger partial charge in [0.25, 0.3) is 0 Å². The molecule has 1 aliphatic rings. The Balaban J connectivity index is 2.14. The lowest BCUT2D eigenvalue weighted by atomic mass is 9.82. The number of pyridine rings is 1. The summed E-state index contributed by atoms with van der Waals surface area (Å²) >= 11 is 3.31. The number of rotatable bonds is 3. The number of nitrogens with one attached hydrogen (secondary N) is 1. The molecule has 0 radical (unpaired) electrons. The van der Waals surface area contributed by atoms with Crippen molar-refractivity contribution in [2.24, 2.45) is 11.8 Å². The molecule has 1 heterocycles. The van der Waals surface area contributed by atoms with Gasteiger partial charge in [0.1, 0.15) is 5.82 Å². The van der Waals surface area contributed by atoms with Crippen molar-refractivity contribution in [3.63, 3.8) is 0 Å². The number of nitrogens with zero attached hydrogens (tertiary/aromatic N) is 1. The minimum atomic E-state index is -0.935. The van der Waals surface area contributed by atoms with Crippen LogP contribution in [0.5, 0.6) is 0 Å². The zero-order valence-corrected chi connectivity index (χ0v) is 12.6. The molecule has 0 bridgehead atoms. The monoisotopic (exact) mass is 338 g/mol. The van der Waals surface area contributed by atoms with Crippen molar-refractivity contribution in [2.75, 3.05) is 5.32 Å². The van der Waals surface area contributed by atoms with Crippen LogP contribution in [0.4, 0.5) is 5.82 Å². The first-order valence-corrected chi connectivity index (χ1v) is 7.09. The number of carboxylic acids is 1. The number of aromatic nitrogens is 1. The fourth-order valence-electron chi connectivity index (χ4n) is 2.26. The Bertz CT molecular complexity index is 572. The number of hydrogen-bond acceptors (Lipinski definition) is 3. The van der Waals surface area contributed by atoms with Gasteiger partial charge in [-0.1, -0.05) is 12.2 Å². The number of allylic oxidation sites excluding steroid dienone is 2. The number of halogens is 1. The van der Waals surface area contributed by atoms with Gasteiger partial charge in [-0.3, -0.25) is 9.59 Å². The normalized spacial score (nSPS) is 21.5. The van der Waals surface area contributed by atoms with Crippen molar-refractivity contribution >= 4 is 33.6 Å². The van der Waals surface area contributed by atoms with E-state index in [-0.39, 0.29) is 5.91 Å². The summed E-state index contributed by atoms with van der Waals surface area (Å²) in [5.41, 5.74) is 0.825. The van der Waals surface area contributed by atoms with Gasteiger partial charge in [0.15, 0.2) is 0 Å². The number of carboxylic acid groups (broad SMARTS) is 1. The van der Waals surface area contributed by atoms with Crippen LogP contribution >= 0.6 is 15.9 Å². The lowest BCUT2D eigenvalue weighted by molar-refractivity contribution is -0.146. The minimum Gasteiger partial charge on any atom is -0.481 e. The van der Waals surface area contributed by atoms with Gasteiger partial charge in [-0.05, 0) is 47.3 Å². The highest BCUT2D eigenvalue weighted by atomic mass is 79.9. The van der Waals surface area contributed by atoms with Crippen molar-refractivity contribution in [1.82, 2.24) is 4.98 Å². The molecule has 106 valence electrons. The van der Waals surface area contributed by atoms with Crippen LogP contribution in [0, 0.1) is 18.8 Å². The summed E-state index contributed by atoms with van der Waals surface area (Å²) in [4.78, 5) is 27.6. The first-order valence-electron chi connectivity index (χ1n) is 6.30. The molecular formula is C14H15BrN2O3. The van der Waals surface area contributed by atoms with Gasteiger partial charge in [0.05, 0.1) is 11.8 Å². The van der Waals surface area contributed by atoms with Gasteiger partial charge in [0.2, 0.25) is 5.91 Å². The maximum atomic E-state index is 12.3. The van der Waals surface area contributed by atoms with Crippen LogP contribution in [-0.4, -0.2) is 22.0 Å². The Labute approximate surface area is 125 Å². The summed E-state index contributed by atoms with van der Waals surface area (Å²) in [6.07, 6.45) is 6.09. The second kappa shape index (κ2) is 6.17. The maximum absolute atomic E-state index is 12.3. The number of carbonyl (C=O) groups excluding carboxylic acids is 1. The number of aryl methyl sites for hydroxylation is 1. The van der Waals surface area contributed by atoms with E-state index in [1.807, 2.05) is 25.1 Å². The smallest absolute Gasteiger partial charge is 0.307 e. The number of hydrogen-bond donors (Lipinski definition) is 2. The molecule has 1 amide bonds. The molecule has 20 heavy (non-hydrogen) atoms. The lowest BCUT2D eigenvalue weighted by Gasteiger charge is -2.24. The molecule has 0 fully saturated rings. The number of aliphatic carboxylic acids is 1. The predicted octanol–water partition coefficient (Wildman–Crippen LogP) is 2.76. The summed E-state index contributed by atoms with van der Waals surface area (Å²) in [7, 11) is 0. The maximum Gasteiger partial charge on any atom is 0.307 e. The fraction of sp³-hybridized carbons (Fsp3) is 0.357. The third-order valence-electron chi connectivity index (χ3n) is 3.37. The van der Waals surface area contributed by atoms with Gasteiger partial charge in [-0.2, -0.15) is 0 Å². The van der Waals surface area contributed by atoms with Crippen molar-refractivity contribution in [3.05, 3.63) is 34.5 Å². The number of anilines is 1. The van der Waals surface area contributed by atoms with E-state index in [2.05, 4.69) is 26.2 Å². The van der Waals surface area contributed by atoms with Crippen molar-refractivity contribution in [3.8, 4) is 0 Å². The van der Waals surface area contributed by atoms with E-state index < -0.39 is 17.8 Å². The van der Waals surface area contributed by atoms with Crippen molar-refractivity contribution < 1.29 is 14.7 Å². The van der Waals surface area contributed by atoms with E-state index in [4.69, 9.17) is 0 Å². The zero-order valence-electron chi connectivity index (χ0n) is 11.0. The highest BCUT2D eigenvalue weighted by molar-refractivity contribution is 9.10. The minimum absolute atomic E-state index is 0.292. The van der Waals surface area contributed by atoms with Crippen molar-refractivity contribution in [2.45, 2.75) is 19.8 Å². The van der Waals surface area contributed by atoms with Gasteiger partial charge in [-0.25, -0.2) is 4.98 Å². The van der Waals surface area contributed by atoms with E-state index in [0.29, 0.717) is 18.7 Å². The van der Waals surface area contributed by atoms with Crippen LogP contribution in [0.25, 0.3) is 0 Å². The molecule has 2 atom stereocenters. The Morgan fingerprint density at radius 3 is 2.60 bits per heavy atom. The summed E-state index contributed by atoms with van der Waals surface area (Å²) in [6.45, 7) is 1.84. The first kappa shape index (κ1) is 14.7. The quantitative estimate of drug-likeness (QED) is 0.830. The molecular weight excluding hydrogens is 324 g/mol. The molecule has 0 saturated carbocycles. The topological polar surface area (TPSA) is 79.3 Å². The second-order valence-corrected chi connectivity index (χ2v) is 5.72. The Morgan fingerprint density at radius 2 is 2.00 bits per heavy atom. The lowest BCUT2D eigenvalue weighted by Crippen LogP contribution is -2.35. The van der Waals surface area contributed by atoms with Crippen molar-refractivity contribution in [1.29, 1.82) is 0 Å². The molecule has 2 N–H and O–H groups in total. The van der Waals surface area contributed by atoms with Crippen LogP contribution in [-0.2, 0) is 9.59 Å². The van der Waals surface area contributed by atoms with E-state index in [1.54, 1.807) is 6.20 Å². The highest BCUT2D eigenvalue weighted by Gasteiger charge is 2.34. The molecule has 2 rings (SSSR count). The second-order valence-electron chi connectivity index (χ2n) is 4.80. The van der Waals surface area contributed by atoms with Crippen LogP contribution < -0.4 is 5.32 Å². The number of amides is 1. The largest absolute Gasteiger partial charge is 0.481 e. The molecule has 0 aromatic carbocycles. The molecule has 2 unspecified atom stereocenters. The summed E-state index contributed by atoms with van der Waals surface area (Å²) in [5.74, 6) is -1.98. The van der Waals surface area contributed by atoms with E-state index in [1.165, 1.54) is 0 Å². The highest BCUT2D eigenvalue weighted by Crippen LogP contribution is 2.27. The SMILES string of the molecule is Cc1cc(Br)cnc1NC(=O)C1CC=CCC1C(=O)O. The fourth-order valence-corrected chi connectivity index (χ4v) is 2.70. The molecule has 0 aliphatic heterocycles. The third-order valence-corrected chi connectivity index (χ3v) is 3.81. The van der Waals surface area contributed by atoms with Gasteiger partial charge < -0.3 is 10.4 Å². The van der Waals surface area contributed by atoms with E-state index in [0.717, 1.165) is 10.0 Å². The van der Waals surface area contributed by atoms with Gasteiger partial charge >= 0.3 is 5.97 Å². The third kappa shape index (κ3) is 3.25. The van der Waals surface area contributed by atoms with Gasteiger partial charge in [-0.15, -0.1) is 0 Å². The van der Waals surface area contributed by atoms with E-state index in [9.17, 15) is 14.7 Å². The van der Waals surface area contributed by atoms with Crippen LogP contribution in [0.3, 0.4) is 0 Å². The average molecular weight is 339 g/mol. The Kier molecular flexibility index (Phi) is 4.54. The average Bonchev–Trinajstić information content (AvgIpc) is 2.41. The summed E-state index contributed by atoms with van der Waals surface area (Å²) < 4.78 is 0.831. The molecule has 6 heteroatoms. The Morgan fingerprint density at radius 1 is 1.35 bits per heavy atom. The predicted molar refractivity (Wildman–Crippen MR) is 78.3 cm³/mol. The molecule has 0 spiro atoms. The number of carbonyl (C=O) groups is 2. The molecule has 1 aromatic rings. The molecule has 5 nitrogen and oxygen atoms in total. The summed E-state index contributed by atoms with van der Waals surface area (Å²) in [5, 5.41) is 11.9. The van der Waals surface area contributed by atoms with E-state index >= 15 is 0 Å². The Hall–Kier alpha value is -1.69. The molecule has 1 aliphatic carbocycles. The van der Waals surface area contributed by atoms with Crippen LogP contribution in [0.2, 0.25) is 0 Å². The van der Waals surface area contributed by atoms with Crippen LogP contribution in [0.1, 0.15) is 18.4 Å². The van der Waals surface area contributed by atoms with Gasteiger partial charge in [0, 0.05) is 10.7 Å². The standard InChI is InChI=1S/C14H15BrN2O3/c1-8-6-9(15)7-16-12(8)17-13(18)10-4-2-3-5-11(10)14(19)20/h2-3,6-7,10-11H,4-5H2,1H3,(H,19,20)(H,16,17,18). The first-order chi connectivity index (χ1) is 9.49. The molecule has 1 aromatic heterocycles. The van der Waals surface area contributed by atoms with Crippen LogP contribution in [0.15, 0.2) is 28.9 Å².